The molecule has 0 aromatic heterocycles. The number of benzene rings is 1. The van der Waals surface area contributed by atoms with Gasteiger partial charge in [-0.15, -0.1) is 0 Å². The van der Waals surface area contributed by atoms with Crippen molar-refractivity contribution >= 4 is 17.6 Å². The number of nitrogens with two attached hydrogens (primary N) is 1. The molecule has 0 fully saturated rings. The molecule has 18 heavy (non-hydrogen) atoms. The van der Waals surface area contributed by atoms with Gasteiger partial charge in [0.25, 0.3) is 0 Å². The summed E-state index contributed by atoms with van der Waals surface area (Å²) in [4.78, 5) is 24.3. The van der Waals surface area contributed by atoms with Crippen molar-refractivity contribution in [2.75, 3.05) is 12.8 Å². The second-order valence-electron chi connectivity index (χ2n) is 4.70. The summed E-state index contributed by atoms with van der Waals surface area (Å²) in [6.07, 6.45) is 0.180. The van der Waals surface area contributed by atoms with Crippen LogP contribution in [0, 0.1) is 5.92 Å². The van der Waals surface area contributed by atoms with E-state index in [4.69, 9.17) is 5.73 Å². The Morgan fingerprint density at radius 2 is 2.22 bits per heavy atom. The summed E-state index contributed by atoms with van der Waals surface area (Å²) in [5, 5.41) is 10.7. The van der Waals surface area contributed by atoms with Crippen LogP contribution in [0.15, 0.2) is 18.2 Å². The number of amides is 1. The molecule has 0 aliphatic carbocycles. The van der Waals surface area contributed by atoms with Crippen LogP contribution >= 0.6 is 0 Å². The molecule has 0 saturated carbocycles. The van der Waals surface area contributed by atoms with Crippen LogP contribution in [-0.2, 0) is 22.6 Å². The van der Waals surface area contributed by atoms with Crippen LogP contribution in [0.3, 0.4) is 0 Å². The zero-order valence-electron chi connectivity index (χ0n) is 10.2. The Labute approximate surface area is 105 Å². The second kappa shape index (κ2) is 4.68. The van der Waals surface area contributed by atoms with Crippen LogP contribution in [0.4, 0.5) is 5.69 Å². The minimum absolute atomic E-state index is 0.158. The van der Waals surface area contributed by atoms with Gasteiger partial charge in [0, 0.05) is 31.2 Å². The molecule has 1 atom stereocenters. The van der Waals surface area contributed by atoms with Gasteiger partial charge in [-0.1, -0.05) is 6.07 Å². The molecule has 5 nitrogen and oxygen atoms in total. The van der Waals surface area contributed by atoms with Crippen molar-refractivity contribution in [3.8, 4) is 0 Å². The summed E-state index contributed by atoms with van der Waals surface area (Å²) in [5.41, 5.74) is 8.33. The number of fused-ring (bicyclic) bond motifs is 1. The first kappa shape index (κ1) is 12.4. The van der Waals surface area contributed by atoms with Crippen molar-refractivity contribution in [3.63, 3.8) is 0 Å². The van der Waals surface area contributed by atoms with Crippen molar-refractivity contribution in [1.82, 2.24) is 4.90 Å². The number of carboxylic acid groups (broad SMARTS) is 1. The van der Waals surface area contributed by atoms with E-state index in [0.29, 0.717) is 18.7 Å². The SMILES string of the molecule is CN1Cc2cc(N)ccc2CC(CC(=O)[O-])C1=O. The first-order valence-electron chi connectivity index (χ1n) is 5.79. The standard InChI is InChI=1S/C13H16N2O3/c1-15-7-10-5-11(14)3-2-8(10)4-9(13(15)18)6-12(16)17/h2-3,5,9H,4,6-7,14H2,1H3,(H,16,17)/p-1. The number of carboxylic acids is 1. The maximum Gasteiger partial charge on any atom is 0.226 e. The van der Waals surface area contributed by atoms with Gasteiger partial charge in [0.05, 0.1) is 0 Å². The molecule has 1 heterocycles. The van der Waals surface area contributed by atoms with Crippen LogP contribution in [0.25, 0.3) is 0 Å². The first-order valence-corrected chi connectivity index (χ1v) is 5.79. The largest absolute Gasteiger partial charge is 0.550 e. The van der Waals surface area contributed by atoms with Crippen molar-refractivity contribution in [2.24, 2.45) is 5.92 Å². The van der Waals surface area contributed by atoms with E-state index >= 15 is 0 Å². The average molecular weight is 247 g/mol. The van der Waals surface area contributed by atoms with Gasteiger partial charge in [0.1, 0.15) is 0 Å². The molecule has 1 aliphatic rings. The Morgan fingerprint density at radius 3 is 2.89 bits per heavy atom. The van der Waals surface area contributed by atoms with Crippen molar-refractivity contribution in [1.29, 1.82) is 0 Å². The summed E-state index contributed by atoms with van der Waals surface area (Å²) < 4.78 is 0. The number of nitrogen functional groups attached to an aromatic ring is 1. The molecule has 96 valence electrons. The van der Waals surface area contributed by atoms with E-state index in [1.54, 1.807) is 18.0 Å². The normalized spacial score (nSPS) is 19.3. The predicted molar refractivity (Wildman–Crippen MR) is 64.1 cm³/mol. The zero-order valence-corrected chi connectivity index (χ0v) is 10.2. The van der Waals surface area contributed by atoms with E-state index < -0.39 is 11.9 Å². The summed E-state index contributed by atoms with van der Waals surface area (Å²) in [5.74, 6) is -1.90. The molecule has 0 spiro atoms. The van der Waals surface area contributed by atoms with Gasteiger partial charge in [0.15, 0.2) is 0 Å². The van der Waals surface area contributed by atoms with E-state index in [9.17, 15) is 14.7 Å². The van der Waals surface area contributed by atoms with E-state index in [-0.39, 0.29) is 12.3 Å². The molecule has 0 bridgehead atoms. The van der Waals surface area contributed by atoms with Gasteiger partial charge in [-0.2, -0.15) is 0 Å². The highest BCUT2D eigenvalue weighted by Gasteiger charge is 2.27. The van der Waals surface area contributed by atoms with Crippen molar-refractivity contribution < 1.29 is 14.7 Å². The third-order valence-corrected chi connectivity index (χ3v) is 3.24. The molecular weight excluding hydrogens is 232 g/mol. The first-order chi connectivity index (χ1) is 8.47. The topological polar surface area (TPSA) is 86.5 Å². The number of aliphatic carboxylic acids is 1. The van der Waals surface area contributed by atoms with Gasteiger partial charge >= 0.3 is 0 Å². The highest BCUT2D eigenvalue weighted by atomic mass is 16.4. The summed E-state index contributed by atoms with van der Waals surface area (Å²) in [6.45, 7) is 0.461. The quantitative estimate of drug-likeness (QED) is 0.716. The Kier molecular flexibility index (Phi) is 3.23. The smallest absolute Gasteiger partial charge is 0.226 e. The Hall–Kier alpha value is -2.04. The number of hydrogen-bond acceptors (Lipinski definition) is 4. The van der Waals surface area contributed by atoms with Gasteiger partial charge < -0.3 is 20.5 Å². The molecule has 0 radical (unpaired) electrons. The molecule has 1 aromatic carbocycles. The Balaban J connectivity index is 2.34. The van der Waals surface area contributed by atoms with Gasteiger partial charge in [-0.3, -0.25) is 4.79 Å². The fourth-order valence-corrected chi connectivity index (χ4v) is 2.35. The summed E-state index contributed by atoms with van der Waals surface area (Å²) in [7, 11) is 1.67. The van der Waals surface area contributed by atoms with Crippen LogP contribution in [0.1, 0.15) is 17.5 Å². The number of rotatable bonds is 2. The molecule has 1 amide bonds. The van der Waals surface area contributed by atoms with Crippen molar-refractivity contribution in [3.05, 3.63) is 29.3 Å². The minimum atomic E-state index is -1.19. The Bertz CT molecular complexity index is 499. The van der Waals surface area contributed by atoms with Gasteiger partial charge in [0.2, 0.25) is 5.91 Å². The number of anilines is 1. The number of carbonyl (C=O) groups excluding carboxylic acids is 2. The zero-order chi connectivity index (χ0) is 13.3. The molecule has 1 unspecified atom stereocenters. The molecule has 1 aromatic rings. The minimum Gasteiger partial charge on any atom is -0.550 e. The van der Waals surface area contributed by atoms with E-state index in [1.807, 2.05) is 12.1 Å². The predicted octanol–water partition coefficient (Wildman–Crippen LogP) is -0.461. The second-order valence-corrected chi connectivity index (χ2v) is 4.70. The van der Waals surface area contributed by atoms with E-state index in [2.05, 4.69) is 0 Å². The summed E-state index contributed by atoms with van der Waals surface area (Å²) in [6, 6.07) is 5.46. The third-order valence-electron chi connectivity index (χ3n) is 3.24. The lowest BCUT2D eigenvalue weighted by atomic mass is 9.94. The van der Waals surface area contributed by atoms with Crippen LogP contribution < -0.4 is 10.8 Å². The maximum atomic E-state index is 12.0. The molecular formula is C13H15N2O3-. The lowest BCUT2D eigenvalue weighted by Crippen LogP contribution is -2.35. The average Bonchev–Trinajstić information content (AvgIpc) is 2.39. The molecule has 5 heteroatoms. The van der Waals surface area contributed by atoms with E-state index in [0.717, 1.165) is 11.1 Å². The fourth-order valence-electron chi connectivity index (χ4n) is 2.35. The molecule has 2 N–H and O–H groups in total. The number of hydrogen-bond donors (Lipinski definition) is 1. The monoisotopic (exact) mass is 247 g/mol. The maximum absolute atomic E-state index is 12.0. The Morgan fingerprint density at radius 1 is 1.50 bits per heavy atom. The van der Waals surface area contributed by atoms with Gasteiger partial charge in [-0.05, 0) is 36.1 Å². The number of nitrogens with zero attached hydrogens (tertiary/aromatic N) is 1. The summed E-state index contributed by atoms with van der Waals surface area (Å²) >= 11 is 0. The molecule has 1 aliphatic heterocycles. The lowest BCUT2D eigenvalue weighted by Gasteiger charge is -2.20. The van der Waals surface area contributed by atoms with Crippen LogP contribution in [0.2, 0.25) is 0 Å². The highest BCUT2D eigenvalue weighted by molar-refractivity contribution is 5.83. The van der Waals surface area contributed by atoms with Crippen LogP contribution in [0.5, 0.6) is 0 Å². The highest BCUT2D eigenvalue weighted by Crippen LogP contribution is 2.25. The van der Waals surface area contributed by atoms with Crippen LogP contribution in [-0.4, -0.2) is 23.8 Å². The fraction of sp³-hybridized carbons (Fsp3) is 0.385. The molecule has 0 saturated heterocycles. The lowest BCUT2D eigenvalue weighted by molar-refractivity contribution is -0.306. The third kappa shape index (κ3) is 2.45. The number of carbonyl (C=O) groups is 2. The van der Waals surface area contributed by atoms with Crippen molar-refractivity contribution in [2.45, 2.75) is 19.4 Å². The van der Waals surface area contributed by atoms with E-state index in [1.165, 1.54) is 0 Å². The van der Waals surface area contributed by atoms with Gasteiger partial charge in [-0.25, -0.2) is 0 Å². The molecule has 2 rings (SSSR count).